The number of nitrogens with zero attached hydrogens (tertiary/aromatic N) is 1. The predicted molar refractivity (Wildman–Crippen MR) is 240 cm³/mol. The van der Waals surface area contributed by atoms with Gasteiger partial charge in [-0.2, -0.15) is 0 Å². The molecule has 9 aromatic carbocycles. The van der Waals surface area contributed by atoms with Crippen molar-refractivity contribution < 1.29 is 0 Å². The van der Waals surface area contributed by atoms with Crippen molar-refractivity contribution in [2.45, 2.75) is 0 Å². The van der Waals surface area contributed by atoms with E-state index in [-0.39, 0.29) is 14.5 Å². The fourth-order valence-corrected chi connectivity index (χ4v) is 11.1. The maximum absolute atomic E-state index is 2.42. The molecular weight excluding hydrogens is 742 g/mol. The fraction of sp³-hybridized carbons (Fsp3) is 0. The minimum atomic E-state index is 0.241. The summed E-state index contributed by atoms with van der Waals surface area (Å²) in [7, 11) is 0. The van der Waals surface area contributed by atoms with E-state index >= 15 is 0 Å². The molecule has 11 rings (SSSR count). The SMILES string of the molecule is c1ccc(-c2cccc(-c3cc(-c4ccc5c(c4)c4ccccc4n5-c4cccc(-c5ccccc5)c4)cc(-c4cccc5c4[se]c4ccccc45)c3)c2)cc1. The molecule has 2 heteroatoms. The van der Waals surface area contributed by atoms with Crippen molar-refractivity contribution >= 4 is 55.6 Å². The Hall–Kier alpha value is -6.70. The molecule has 262 valence electrons. The van der Waals surface area contributed by atoms with Crippen LogP contribution in [-0.2, 0) is 0 Å². The predicted octanol–water partition coefficient (Wildman–Crippen LogP) is 14.5. The molecule has 2 aromatic heterocycles. The van der Waals surface area contributed by atoms with Crippen molar-refractivity contribution in [3.05, 3.63) is 212 Å². The first kappa shape index (κ1) is 32.7. The van der Waals surface area contributed by atoms with Gasteiger partial charge in [0.1, 0.15) is 0 Å². The Bertz CT molecular complexity index is 3240. The number of rotatable bonds is 6. The van der Waals surface area contributed by atoms with Gasteiger partial charge in [-0.05, 0) is 11.1 Å². The van der Waals surface area contributed by atoms with Crippen molar-refractivity contribution in [3.63, 3.8) is 0 Å². The van der Waals surface area contributed by atoms with Crippen LogP contribution >= 0.6 is 0 Å². The van der Waals surface area contributed by atoms with Gasteiger partial charge < -0.3 is 0 Å². The summed E-state index contributed by atoms with van der Waals surface area (Å²) >= 11 is 0.241. The molecule has 0 saturated heterocycles. The molecule has 0 fully saturated rings. The van der Waals surface area contributed by atoms with Gasteiger partial charge >= 0.3 is 280 Å². The Balaban J connectivity index is 1.11. The molecule has 2 heterocycles. The molecule has 0 aliphatic heterocycles. The molecule has 0 aliphatic carbocycles. The average Bonchev–Trinajstić information content (AvgIpc) is 3.83. The normalized spacial score (nSPS) is 11.6. The van der Waals surface area contributed by atoms with Gasteiger partial charge in [0, 0.05) is 0 Å². The second-order valence-electron chi connectivity index (χ2n) is 14.5. The van der Waals surface area contributed by atoms with E-state index in [9.17, 15) is 0 Å². The Kier molecular flexibility index (Phi) is 7.91. The summed E-state index contributed by atoms with van der Waals surface area (Å²) in [6.45, 7) is 0. The van der Waals surface area contributed by atoms with Crippen LogP contribution in [0.4, 0.5) is 0 Å². The van der Waals surface area contributed by atoms with E-state index in [0.717, 1.165) is 5.69 Å². The third-order valence-electron chi connectivity index (χ3n) is 11.2. The number of para-hydroxylation sites is 1. The Morgan fingerprint density at radius 1 is 0.286 bits per heavy atom. The van der Waals surface area contributed by atoms with Crippen LogP contribution in [0.15, 0.2) is 212 Å². The van der Waals surface area contributed by atoms with Crippen molar-refractivity contribution in [3.8, 4) is 61.3 Å². The van der Waals surface area contributed by atoms with E-state index in [0.29, 0.717) is 0 Å². The van der Waals surface area contributed by atoms with Gasteiger partial charge in [-0.15, -0.1) is 0 Å². The van der Waals surface area contributed by atoms with Crippen molar-refractivity contribution in [2.24, 2.45) is 0 Å². The molecule has 56 heavy (non-hydrogen) atoms. The Labute approximate surface area is 332 Å². The first-order chi connectivity index (χ1) is 27.7. The van der Waals surface area contributed by atoms with Gasteiger partial charge in [0.25, 0.3) is 0 Å². The zero-order valence-electron chi connectivity index (χ0n) is 30.6. The molecule has 0 N–H and O–H groups in total. The maximum atomic E-state index is 2.42. The molecule has 0 atom stereocenters. The van der Waals surface area contributed by atoms with Gasteiger partial charge in [0.2, 0.25) is 0 Å². The molecule has 0 aliphatic rings. The van der Waals surface area contributed by atoms with E-state index in [1.807, 2.05) is 0 Å². The first-order valence-corrected chi connectivity index (χ1v) is 20.9. The first-order valence-electron chi connectivity index (χ1n) is 19.2. The van der Waals surface area contributed by atoms with Gasteiger partial charge in [-0.25, -0.2) is 0 Å². The summed E-state index contributed by atoms with van der Waals surface area (Å²) in [6.07, 6.45) is 0. The van der Waals surface area contributed by atoms with Crippen LogP contribution < -0.4 is 0 Å². The van der Waals surface area contributed by atoms with E-state index < -0.39 is 0 Å². The number of hydrogen-bond acceptors (Lipinski definition) is 0. The monoisotopic (exact) mass is 777 g/mol. The summed E-state index contributed by atoms with van der Waals surface area (Å²) in [6, 6.07) is 78.2. The summed E-state index contributed by atoms with van der Waals surface area (Å²) in [5, 5.41) is 5.26. The van der Waals surface area contributed by atoms with Gasteiger partial charge in [-0.3, -0.25) is 0 Å². The number of benzene rings is 9. The topological polar surface area (TPSA) is 4.93 Å². The number of fused-ring (bicyclic) bond motifs is 6. The summed E-state index contributed by atoms with van der Waals surface area (Å²) < 4.78 is 5.36. The number of hydrogen-bond donors (Lipinski definition) is 0. The third-order valence-corrected chi connectivity index (χ3v) is 13.7. The summed E-state index contributed by atoms with van der Waals surface area (Å²) in [5.74, 6) is 0. The molecule has 0 bridgehead atoms. The van der Waals surface area contributed by atoms with Crippen LogP contribution in [0, 0.1) is 0 Å². The Morgan fingerprint density at radius 2 is 0.804 bits per heavy atom. The van der Waals surface area contributed by atoms with Crippen LogP contribution in [0.1, 0.15) is 0 Å². The van der Waals surface area contributed by atoms with Gasteiger partial charge in [0.15, 0.2) is 0 Å². The molecular formula is C54H35NSe. The molecule has 0 unspecified atom stereocenters. The van der Waals surface area contributed by atoms with Crippen LogP contribution in [0.5, 0.6) is 0 Å². The van der Waals surface area contributed by atoms with Crippen molar-refractivity contribution in [1.82, 2.24) is 4.57 Å². The van der Waals surface area contributed by atoms with Gasteiger partial charge in [-0.1, -0.05) is 42.5 Å². The van der Waals surface area contributed by atoms with Gasteiger partial charge in [0.05, 0.1) is 0 Å². The second kappa shape index (κ2) is 13.6. The molecule has 0 spiro atoms. The van der Waals surface area contributed by atoms with E-state index in [1.165, 1.54) is 96.7 Å². The quantitative estimate of drug-likeness (QED) is 0.148. The number of aromatic nitrogens is 1. The zero-order chi connectivity index (χ0) is 37.0. The van der Waals surface area contributed by atoms with Crippen molar-refractivity contribution in [2.75, 3.05) is 0 Å². The van der Waals surface area contributed by atoms with E-state index in [2.05, 4.69) is 217 Å². The van der Waals surface area contributed by atoms with Crippen molar-refractivity contribution in [1.29, 1.82) is 0 Å². The molecule has 0 saturated carbocycles. The van der Waals surface area contributed by atoms with Crippen LogP contribution in [-0.4, -0.2) is 19.1 Å². The second-order valence-corrected chi connectivity index (χ2v) is 16.7. The molecule has 1 nitrogen and oxygen atoms in total. The van der Waals surface area contributed by atoms with E-state index in [1.54, 1.807) is 0 Å². The van der Waals surface area contributed by atoms with Crippen LogP contribution in [0.25, 0.3) is 102 Å². The zero-order valence-corrected chi connectivity index (χ0v) is 32.3. The van der Waals surface area contributed by atoms with E-state index in [4.69, 9.17) is 0 Å². The van der Waals surface area contributed by atoms with Crippen LogP contribution in [0.2, 0.25) is 0 Å². The molecule has 0 radical (unpaired) electrons. The molecule has 11 aromatic rings. The summed E-state index contributed by atoms with van der Waals surface area (Å²) in [4.78, 5) is 0. The Morgan fingerprint density at radius 3 is 1.57 bits per heavy atom. The standard InChI is InChI=1S/C54H35NSe/c1-3-14-36(15-4-1)38-18-11-19-39(30-38)42-31-43(33-44(32-42)46-24-13-25-49-48-23-8-10-27-53(48)56-54(46)49)41-28-29-52-50(35-41)47-22-7-9-26-51(47)55(52)45-21-12-20-40(34-45)37-16-5-2-6-17-37/h1-35H. The average molecular weight is 777 g/mol. The summed E-state index contributed by atoms with van der Waals surface area (Å²) in [5.41, 5.74) is 15.9. The minimum absolute atomic E-state index is 0.241. The third kappa shape index (κ3) is 5.62. The molecule has 0 amide bonds. The van der Waals surface area contributed by atoms with Crippen LogP contribution in [0.3, 0.4) is 0 Å². The fourth-order valence-electron chi connectivity index (χ4n) is 8.49.